The topological polar surface area (TPSA) is 79.6 Å². The lowest BCUT2D eigenvalue weighted by molar-refractivity contribution is -0.130. The summed E-state index contributed by atoms with van der Waals surface area (Å²) in [5.41, 5.74) is 4.26. The number of benzene rings is 1. The van der Waals surface area contributed by atoms with Crippen molar-refractivity contribution in [3.05, 3.63) is 47.3 Å². The predicted molar refractivity (Wildman–Crippen MR) is 94.3 cm³/mol. The zero-order valence-corrected chi connectivity index (χ0v) is 14.6. The van der Waals surface area contributed by atoms with Crippen molar-refractivity contribution in [2.75, 3.05) is 7.05 Å². The number of carbonyl (C=O) groups excluding carboxylic acids is 2. The zero-order chi connectivity index (χ0) is 18.0. The van der Waals surface area contributed by atoms with Crippen LogP contribution in [0.25, 0.3) is 5.69 Å². The number of rotatable bonds is 4. The second-order valence-corrected chi connectivity index (χ2v) is 6.11. The van der Waals surface area contributed by atoms with Crippen molar-refractivity contribution in [1.29, 1.82) is 0 Å². The lowest BCUT2D eigenvalue weighted by atomic mass is 10.1. The Bertz CT molecular complexity index is 853. The van der Waals surface area contributed by atoms with Crippen LogP contribution in [-0.2, 0) is 16.1 Å². The van der Waals surface area contributed by atoms with Crippen LogP contribution in [0.1, 0.15) is 29.8 Å². The summed E-state index contributed by atoms with van der Waals surface area (Å²) in [6.45, 7) is 4.32. The number of hydrazone groups is 1. The third-order valence-electron chi connectivity index (χ3n) is 4.14. The van der Waals surface area contributed by atoms with E-state index in [2.05, 4.69) is 15.5 Å². The molecule has 7 nitrogen and oxygen atoms in total. The summed E-state index contributed by atoms with van der Waals surface area (Å²) in [5, 5.41) is 12.7. The maximum atomic E-state index is 12.3. The Balaban J connectivity index is 1.76. The van der Waals surface area contributed by atoms with Crippen LogP contribution < -0.4 is 5.32 Å². The Morgan fingerprint density at radius 2 is 2.00 bits per heavy atom. The maximum Gasteiger partial charge on any atom is 0.267 e. The molecule has 1 aromatic carbocycles. The maximum absolute atomic E-state index is 12.3. The largest absolute Gasteiger partial charge is 0.347 e. The van der Waals surface area contributed by atoms with E-state index < -0.39 is 0 Å². The van der Waals surface area contributed by atoms with Crippen LogP contribution in [0, 0.1) is 13.8 Å². The third kappa shape index (κ3) is 3.60. The molecule has 3 rings (SSSR count). The number of nitrogens with zero attached hydrogens (tertiary/aromatic N) is 4. The van der Waals surface area contributed by atoms with Gasteiger partial charge in [-0.2, -0.15) is 10.2 Å². The van der Waals surface area contributed by atoms with Crippen LogP contribution in [0.15, 0.2) is 35.4 Å². The molecule has 2 amide bonds. The summed E-state index contributed by atoms with van der Waals surface area (Å²) in [6.07, 6.45) is 0.680. The van der Waals surface area contributed by atoms with Gasteiger partial charge in [0.1, 0.15) is 5.71 Å². The Morgan fingerprint density at radius 1 is 1.24 bits per heavy atom. The highest BCUT2D eigenvalue weighted by molar-refractivity contribution is 6.39. The number of aromatic nitrogens is 2. The van der Waals surface area contributed by atoms with E-state index in [1.807, 2.05) is 48.9 Å². The quantitative estimate of drug-likeness (QED) is 0.921. The molecule has 0 fully saturated rings. The van der Waals surface area contributed by atoms with Crippen LogP contribution in [0.5, 0.6) is 0 Å². The van der Waals surface area contributed by atoms with E-state index in [4.69, 9.17) is 0 Å². The van der Waals surface area contributed by atoms with Crippen LogP contribution >= 0.6 is 0 Å². The van der Waals surface area contributed by atoms with E-state index in [0.29, 0.717) is 25.1 Å². The van der Waals surface area contributed by atoms with Crippen LogP contribution in [0.2, 0.25) is 0 Å². The first kappa shape index (κ1) is 16.9. The average molecular weight is 339 g/mol. The van der Waals surface area contributed by atoms with Crippen molar-refractivity contribution in [2.45, 2.75) is 33.2 Å². The third-order valence-corrected chi connectivity index (χ3v) is 4.14. The van der Waals surface area contributed by atoms with Gasteiger partial charge < -0.3 is 5.32 Å². The van der Waals surface area contributed by atoms with Gasteiger partial charge in [0.25, 0.3) is 5.91 Å². The molecular weight excluding hydrogens is 318 g/mol. The van der Waals surface area contributed by atoms with Crippen LogP contribution in [-0.4, -0.2) is 39.4 Å². The number of para-hydroxylation sites is 1. The van der Waals surface area contributed by atoms with Gasteiger partial charge in [-0.15, -0.1) is 0 Å². The van der Waals surface area contributed by atoms with Crippen LogP contribution in [0.3, 0.4) is 0 Å². The molecule has 130 valence electrons. The van der Waals surface area contributed by atoms with Crippen molar-refractivity contribution < 1.29 is 9.59 Å². The van der Waals surface area contributed by atoms with E-state index in [0.717, 1.165) is 22.6 Å². The molecule has 0 atom stereocenters. The van der Waals surface area contributed by atoms with E-state index in [1.54, 1.807) is 7.05 Å². The monoisotopic (exact) mass is 339 g/mol. The fourth-order valence-electron chi connectivity index (χ4n) is 2.85. The molecule has 0 aliphatic carbocycles. The van der Waals surface area contributed by atoms with E-state index >= 15 is 0 Å². The number of hydrogen-bond donors (Lipinski definition) is 1. The number of hydrogen-bond acceptors (Lipinski definition) is 4. The Labute approximate surface area is 146 Å². The molecule has 0 saturated heterocycles. The highest BCUT2D eigenvalue weighted by Gasteiger charge is 2.22. The summed E-state index contributed by atoms with van der Waals surface area (Å²) in [5.74, 6) is -0.325. The molecule has 0 unspecified atom stereocenters. The highest BCUT2D eigenvalue weighted by atomic mass is 16.2. The summed E-state index contributed by atoms with van der Waals surface area (Å²) in [4.78, 5) is 23.8. The zero-order valence-electron chi connectivity index (χ0n) is 14.6. The van der Waals surface area contributed by atoms with Gasteiger partial charge in [-0.25, -0.2) is 9.69 Å². The van der Waals surface area contributed by atoms with Crippen molar-refractivity contribution in [2.24, 2.45) is 5.10 Å². The minimum atomic E-state index is -0.248. The molecule has 0 bridgehead atoms. The molecule has 0 spiro atoms. The van der Waals surface area contributed by atoms with E-state index in [9.17, 15) is 9.59 Å². The Morgan fingerprint density at radius 3 is 2.68 bits per heavy atom. The first-order valence-electron chi connectivity index (χ1n) is 8.19. The van der Waals surface area contributed by atoms with E-state index in [1.165, 1.54) is 5.01 Å². The SMILES string of the molecule is Cc1cc(C)n(-c2ccccc2CNC(=O)C2=NN(C)C(=O)CC2)n1. The van der Waals surface area contributed by atoms with Gasteiger partial charge in [0.15, 0.2) is 0 Å². The Kier molecular flexibility index (Phi) is 4.65. The van der Waals surface area contributed by atoms with Gasteiger partial charge in [0.05, 0.1) is 11.4 Å². The molecule has 1 aliphatic heterocycles. The van der Waals surface area contributed by atoms with Gasteiger partial charge in [0, 0.05) is 32.1 Å². The first-order chi connectivity index (χ1) is 12.0. The van der Waals surface area contributed by atoms with Crippen molar-refractivity contribution in [1.82, 2.24) is 20.1 Å². The molecule has 1 aromatic heterocycles. The van der Waals surface area contributed by atoms with Crippen molar-refractivity contribution in [3.63, 3.8) is 0 Å². The summed E-state index contributed by atoms with van der Waals surface area (Å²) >= 11 is 0. The summed E-state index contributed by atoms with van der Waals surface area (Å²) in [7, 11) is 1.56. The average Bonchev–Trinajstić information content (AvgIpc) is 2.93. The number of aryl methyl sites for hydroxylation is 2. The van der Waals surface area contributed by atoms with Gasteiger partial charge in [-0.1, -0.05) is 18.2 Å². The summed E-state index contributed by atoms with van der Waals surface area (Å²) < 4.78 is 1.88. The fraction of sp³-hybridized carbons (Fsp3) is 0.333. The standard InChI is InChI=1S/C18H21N5O2/c1-12-10-13(2)23(20-12)16-7-5-4-6-14(16)11-19-18(25)15-8-9-17(24)22(3)21-15/h4-7,10H,8-9,11H2,1-3H3,(H,19,25). The lowest BCUT2D eigenvalue weighted by Crippen LogP contribution is -2.37. The molecule has 1 aliphatic rings. The molecule has 0 radical (unpaired) electrons. The van der Waals surface area contributed by atoms with Gasteiger partial charge >= 0.3 is 0 Å². The van der Waals surface area contributed by atoms with Gasteiger partial charge in [0.2, 0.25) is 5.91 Å². The van der Waals surface area contributed by atoms with Gasteiger partial charge in [-0.05, 0) is 31.5 Å². The molecular formula is C18H21N5O2. The Hall–Kier alpha value is -2.96. The number of amides is 2. The predicted octanol–water partition coefficient (Wildman–Crippen LogP) is 1.71. The number of carbonyl (C=O) groups is 2. The second-order valence-electron chi connectivity index (χ2n) is 6.11. The first-order valence-corrected chi connectivity index (χ1v) is 8.19. The smallest absolute Gasteiger partial charge is 0.267 e. The second kappa shape index (κ2) is 6.88. The molecule has 7 heteroatoms. The fourth-order valence-corrected chi connectivity index (χ4v) is 2.85. The molecule has 25 heavy (non-hydrogen) atoms. The lowest BCUT2D eigenvalue weighted by Gasteiger charge is -2.19. The van der Waals surface area contributed by atoms with Crippen molar-refractivity contribution in [3.8, 4) is 5.69 Å². The molecule has 2 heterocycles. The molecule has 1 N–H and O–H groups in total. The highest BCUT2D eigenvalue weighted by Crippen LogP contribution is 2.17. The summed E-state index contributed by atoms with van der Waals surface area (Å²) in [6, 6.07) is 9.83. The van der Waals surface area contributed by atoms with Crippen molar-refractivity contribution >= 4 is 17.5 Å². The van der Waals surface area contributed by atoms with Gasteiger partial charge in [-0.3, -0.25) is 9.59 Å². The van der Waals surface area contributed by atoms with Crippen LogP contribution in [0.4, 0.5) is 0 Å². The minimum Gasteiger partial charge on any atom is -0.347 e. The number of nitrogens with one attached hydrogen (secondary N) is 1. The normalized spacial score (nSPS) is 14.4. The molecule has 2 aromatic rings. The van der Waals surface area contributed by atoms with E-state index in [-0.39, 0.29) is 11.8 Å². The molecule has 0 saturated carbocycles. The minimum absolute atomic E-state index is 0.0774.